The fraction of sp³-hybridized carbons (Fsp3) is 0.500. The van der Waals surface area contributed by atoms with Gasteiger partial charge in [-0.1, -0.05) is 24.4 Å². The fourth-order valence-corrected chi connectivity index (χ4v) is 3.30. The average Bonchev–Trinajstić information content (AvgIpc) is 2.66. The van der Waals surface area contributed by atoms with E-state index in [4.69, 9.17) is 11.6 Å². The van der Waals surface area contributed by atoms with Crippen LogP contribution in [0.25, 0.3) is 0 Å². The van der Waals surface area contributed by atoms with Crippen molar-refractivity contribution in [2.75, 3.05) is 6.54 Å². The summed E-state index contributed by atoms with van der Waals surface area (Å²) in [6, 6.07) is 5.41. The Labute approximate surface area is 144 Å². The minimum Gasteiger partial charge on any atom is -0.335 e. The summed E-state index contributed by atoms with van der Waals surface area (Å²) in [6.07, 6.45) is 4.55. The molecule has 114 valence electrons. The molecule has 3 nitrogen and oxygen atoms in total. The Morgan fingerprint density at radius 1 is 1.33 bits per heavy atom. The predicted octanol–water partition coefficient (Wildman–Crippen LogP) is 4.31. The van der Waals surface area contributed by atoms with Gasteiger partial charge in [0.2, 0.25) is 0 Å². The van der Waals surface area contributed by atoms with Crippen LogP contribution in [0.3, 0.4) is 0 Å². The van der Waals surface area contributed by atoms with Crippen LogP contribution in [0, 0.1) is 3.57 Å². The van der Waals surface area contributed by atoms with Crippen LogP contribution in [-0.4, -0.2) is 29.2 Å². The largest absolute Gasteiger partial charge is 0.335 e. The fourth-order valence-electron chi connectivity index (χ4n) is 2.78. The first-order chi connectivity index (χ1) is 9.99. The molecule has 1 aromatic rings. The third-order valence-electron chi connectivity index (χ3n) is 3.83. The van der Waals surface area contributed by atoms with Crippen LogP contribution < -0.4 is 0 Å². The highest BCUT2D eigenvalue weighted by atomic mass is 127. The molecule has 0 aromatic heterocycles. The second-order valence-corrected chi connectivity index (χ2v) is 7.11. The molecule has 1 aromatic carbocycles. The van der Waals surface area contributed by atoms with Gasteiger partial charge < -0.3 is 4.90 Å². The second kappa shape index (κ2) is 7.58. The minimum absolute atomic E-state index is 0.0125. The van der Waals surface area contributed by atoms with E-state index in [0.29, 0.717) is 17.0 Å². The first kappa shape index (κ1) is 16.7. The van der Waals surface area contributed by atoms with E-state index in [9.17, 15) is 9.59 Å². The lowest BCUT2D eigenvalue weighted by Gasteiger charge is -2.29. The van der Waals surface area contributed by atoms with Gasteiger partial charge in [-0.3, -0.25) is 9.59 Å². The van der Waals surface area contributed by atoms with Crippen molar-refractivity contribution in [1.29, 1.82) is 0 Å². The lowest BCUT2D eigenvalue weighted by atomic mass is 10.0. The number of carbonyl (C=O) groups is 2. The van der Waals surface area contributed by atoms with E-state index in [1.165, 1.54) is 0 Å². The lowest BCUT2D eigenvalue weighted by molar-refractivity contribution is -0.118. The quantitative estimate of drug-likeness (QED) is 0.685. The van der Waals surface area contributed by atoms with E-state index < -0.39 is 0 Å². The Balaban J connectivity index is 2.23. The van der Waals surface area contributed by atoms with Crippen LogP contribution in [0.1, 0.15) is 49.4 Å². The molecule has 0 saturated carbocycles. The normalized spacial score (nSPS) is 19.2. The molecule has 1 unspecified atom stereocenters. The second-order valence-electron chi connectivity index (χ2n) is 5.54. The molecule has 1 amide bonds. The number of likely N-dealkylation sites (tertiary alicyclic amines) is 1. The third-order valence-corrected chi connectivity index (χ3v) is 5.40. The van der Waals surface area contributed by atoms with Crippen molar-refractivity contribution in [3.05, 3.63) is 32.4 Å². The molecule has 1 aliphatic heterocycles. The molecule has 1 aliphatic rings. The maximum absolute atomic E-state index is 12.8. The molecule has 21 heavy (non-hydrogen) atoms. The smallest absolute Gasteiger partial charge is 0.254 e. The van der Waals surface area contributed by atoms with Crippen LogP contribution in [0.2, 0.25) is 5.02 Å². The molecule has 0 radical (unpaired) electrons. The van der Waals surface area contributed by atoms with Crippen molar-refractivity contribution in [2.45, 2.75) is 45.1 Å². The van der Waals surface area contributed by atoms with Gasteiger partial charge in [0, 0.05) is 28.1 Å². The molecule has 1 heterocycles. The van der Waals surface area contributed by atoms with E-state index in [-0.39, 0.29) is 17.7 Å². The first-order valence-corrected chi connectivity index (χ1v) is 8.70. The SMILES string of the molecule is CC(=O)CC1CCCCCN1C(=O)c1ccc(I)c(Cl)c1. The van der Waals surface area contributed by atoms with Gasteiger partial charge >= 0.3 is 0 Å². The topological polar surface area (TPSA) is 37.4 Å². The highest BCUT2D eigenvalue weighted by molar-refractivity contribution is 14.1. The molecule has 1 saturated heterocycles. The molecule has 0 bridgehead atoms. The summed E-state index contributed by atoms with van der Waals surface area (Å²) in [7, 11) is 0. The van der Waals surface area contributed by atoms with Gasteiger partial charge in [-0.25, -0.2) is 0 Å². The number of hydrogen-bond acceptors (Lipinski definition) is 2. The number of rotatable bonds is 3. The van der Waals surface area contributed by atoms with Gasteiger partial charge in [-0.15, -0.1) is 0 Å². The summed E-state index contributed by atoms with van der Waals surface area (Å²) in [5, 5.41) is 0.597. The Kier molecular flexibility index (Phi) is 6.05. The Morgan fingerprint density at radius 2 is 2.10 bits per heavy atom. The average molecular weight is 420 g/mol. The van der Waals surface area contributed by atoms with Crippen molar-refractivity contribution in [3.63, 3.8) is 0 Å². The van der Waals surface area contributed by atoms with Crippen molar-refractivity contribution in [3.8, 4) is 0 Å². The van der Waals surface area contributed by atoms with Gasteiger partial charge in [0.25, 0.3) is 5.91 Å². The van der Waals surface area contributed by atoms with Gasteiger partial charge in [0.1, 0.15) is 5.78 Å². The summed E-state index contributed by atoms with van der Waals surface area (Å²) in [5.74, 6) is 0.127. The number of Topliss-reactive ketones (excluding diaryl/α,β-unsaturated/α-hetero) is 1. The molecule has 0 N–H and O–H groups in total. The molecule has 0 aliphatic carbocycles. The Morgan fingerprint density at radius 3 is 2.76 bits per heavy atom. The molecule has 1 atom stereocenters. The zero-order valence-corrected chi connectivity index (χ0v) is 15.0. The predicted molar refractivity (Wildman–Crippen MR) is 92.8 cm³/mol. The molecular formula is C16H19ClINO2. The maximum Gasteiger partial charge on any atom is 0.254 e. The monoisotopic (exact) mass is 419 g/mol. The highest BCUT2D eigenvalue weighted by Crippen LogP contribution is 2.24. The number of ketones is 1. The summed E-state index contributed by atoms with van der Waals surface area (Å²) >= 11 is 8.26. The number of benzene rings is 1. The summed E-state index contributed by atoms with van der Waals surface area (Å²) in [4.78, 5) is 26.1. The van der Waals surface area contributed by atoms with Crippen LogP contribution in [0.4, 0.5) is 0 Å². The van der Waals surface area contributed by atoms with Gasteiger partial charge in [-0.05, 0) is 60.6 Å². The Bertz CT molecular complexity index is 547. The first-order valence-electron chi connectivity index (χ1n) is 7.24. The van der Waals surface area contributed by atoms with Crippen molar-refractivity contribution in [1.82, 2.24) is 4.90 Å². The van der Waals surface area contributed by atoms with Crippen molar-refractivity contribution < 1.29 is 9.59 Å². The standard InChI is InChI=1S/C16H19ClINO2/c1-11(20)9-13-5-3-2-4-8-19(13)16(21)12-6-7-15(18)14(17)10-12/h6-7,10,13H,2-5,8-9H2,1H3. The lowest BCUT2D eigenvalue weighted by Crippen LogP contribution is -2.41. The van der Waals surface area contributed by atoms with Crippen LogP contribution in [0.15, 0.2) is 18.2 Å². The van der Waals surface area contributed by atoms with E-state index in [1.54, 1.807) is 13.0 Å². The number of halogens is 2. The van der Waals surface area contributed by atoms with E-state index in [0.717, 1.165) is 35.8 Å². The molecular weight excluding hydrogens is 401 g/mol. The van der Waals surface area contributed by atoms with E-state index >= 15 is 0 Å². The summed E-state index contributed by atoms with van der Waals surface area (Å²) in [5.41, 5.74) is 0.607. The van der Waals surface area contributed by atoms with Gasteiger partial charge in [-0.2, -0.15) is 0 Å². The molecule has 0 spiro atoms. The highest BCUT2D eigenvalue weighted by Gasteiger charge is 2.27. The number of carbonyl (C=O) groups excluding carboxylic acids is 2. The van der Waals surface area contributed by atoms with Gasteiger partial charge in [0.05, 0.1) is 5.02 Å². The van der Waals surface area contributed by atoms with E-state index in [1.807, 2.05) is 17.0 Å². The number of nitrogens with zero attached hydrogens (tertiary/aromatic N) is 1. The van der Waals surface area contributed by atoms with Gasteiger partial charge in [0.15, 0.2) is 0 Å². The molecule has 1 fully saturated rings. The van der Waals surface area contributed by atoms with Crippen LogP contribution in [0.5, 0.6) is 0 Å². The van der Waals surface area contributed by atoms with Crippen LogP contribution in [-0.2, 0) is 4.79 Å². The minimum atomic E-state index is -0.0125. The Hall–Kier alpha value is -0.620. The molecule has 5 heteroatoms. The van der Waals surface area contributed by atoms with Crippen molar-refractivity contribution >= 4 is 45.9 Å². The molecule has 2 rings (SSSR count). The van der Waals surface area contributed by atoms with Crippen molar-refractivity contribution in [2.24, 2.45) is 0 Å². The summed E-state index contributed by atoms with van der Waals surface area (Å²) < 4.78 is 0.932. The van der Waals surface area contributed by atoms with Crippen LogP contribution >= 0.6 is 34.2 Å². The number of amides is 1. The number of hydrogen-bond donors (Lipinski definition) is 0. The zero-order chi connectivity index (χ0) is 15.4. The maximum atomic E-state index is 12.8. The van der Waals surface area contributed by atoms with E-state index in [2.05, 4.69) is 22.6 Å². The zero-order valence-electron chi connectivity index (χ0n) is 12.1. The summed E-state index contributed by atoms with van der Waals surface area (Å²) in [6.45, 7) is 2.32. The third kappa shape index (κ3) is 4.42.